The van der Waals surface area contributed by atoms with Crippen molar-refractivity contribution in [1.82, 2.24) is 4.98 Å². The lowest BCUT2D eigenvalue weighted by Crippen LogP contribution is -1.98. The Morgan fingerprint density at radius 3 is 2.53 bits per heavy atom. The third-order valence-corrected chi connectivity index (χ3v) is 3.86. The molecule has 0 saturated carbocycles. The summed E-state index contributed by atoms with van der Waals surface area (Å²) in [6.45, 7) is 2.02. The van der Waals surface area contributed by atoms with E-state index in [1.165, 1.54) is 0 Å². The molecule has 0 unspecified atom stereocenters. The first-order valence-electron chi connectivity index (χ1n) is 5.70. The van der Waals surface area contributed by atoms with Gasteiger partial charge in [0.05, 0.1) is 0 Å². The number of hydrogen-bond donors (Lipinski definition) is 0. The lowest BCUT2D eigenvalue weighted by molar-refractivity contribution is 0.107. The second-order valence-electron chi connectivity index (χ2n) is 3.78. The largest absolute Gasteiger partial charge is 0.274 e. The van der Waals surface area contributed by atoms with Crippen molar-refractivity contribution in [3.8, 4) is 11.1 Å². The maximum absolute atomic E-state index is 11.3. The van der Waals surface area contributed by atoms with Crippen LogP contribution in [0.25, 0.3) is 11.1 Å². The predicted molar refractivity (Wildman–Crippen MR) is 81.3 cm³/mol. The highest BCUT2D eigenvalue weighted by molar-refractivity contribution is 7.99. The van der Waals surface area contributed by atoms with Crippen LogP contribution in [0.4, 0.5) is 0 Å². The Morgan fingerprint density at radius 1 is 1.26 bits per heavy atom. The molecule has 0 aliphatic rings. The topological polar surface area (TPSA) is 30.0 Å². The molecule has 0 aliphatic carbocycles. The summed E-state index contributed by atoms with van der Waals surface area (Å²) < 4.78 is 0. The average molecular weight is 312 g/mol. The number of aromatic nitrogens is 1. The quantitative estimate of drug-likeness (QED) is 0.594. The molecule has 0 saturated heterocycles. The van der Waals surface area contributed by atoms with Crippen molar-refractivity contribution in [2.24, 2.45) is 0 Å². The van der Waals surface area contributed by atoms with Gasteiger partial charge in [-0.2, -0.15) is 0 Å². The van der Waals surface area contributed by atoms with Crippen molar-refractivity contribution < 1.29 is 4.79 Å². The molecule has 0 N–H and O–H groups in total. The molecular formula is C14H11Cl2NOS. The molecule has 1 aromatic heterocycles. The number of hydrogen-bond acceptors (Lipinski definition) is 3. The second-order valence-corrected chi connectivity index (χ2v) is 5.87. The number of pyridine rings is 1. The first kappa shape index (κ1) is 14.4. The number of carbonyl (C=O) groups excluding carboxylic acids is 1. The number of carbonyl (C=O) groups is 1. The van der Waals surface area contributed by atoms with Gasteiger partial charge >= 0.3 is 0 Å². The number of rotatable bonds is 4. The summed E-state index contributed by atoms with van der Waals surface area (Å²) in [4.78, 5) is 16.3. The molecule has 19 heavy (non-hydrogen) atoms. The Kier molecular flexibility index (Phi) is 4.86. The molecule has 0 spiro atoms. The summed E-state index contributed by atoms with van der Waals surface area (Å²) in [6.07, 6.45) is 1.65. The minimum atomic E-state index is -0.529. The van der Waals surface area contributed by atoms with Crippen LogP contribution in [0.1, 0.15) is 17.4 Å². The molecule has 1 heterocycles. The van der Waals surface area contributed by atoms with Crippen LogP contribution < -0.4 is 0 Å². The summed E-state index contributed by atoms with van der Waals surface area (Å²) in [5, 5.41) is 0.158. The monoisotopic (exact) mass is 311 g/mol. The van der Waals surface area contributed by atoms with Gasteiger partial charge in [0, 0.05) is 21.7 Å². The van der Waals surface area contributed by atoms with E-state index >= 15 is 0 Å². The van der Waals surface area contributed by atoms with Crippen molar-refractivity contribution in [1.29, 1.82) is 0 Å². The van der Waals surface area contributed by atoms with E-state index in [0.717, 1.165) is 21.8 Å². The molecular weight excluding hydrogens is 301 g/mol. The van der Waals surface area contributed by atoms with Crippen molar-refractivity contribution in [2.75, 3.05) is 5.75 Å². The highest BCUT2D eigenvalue weighted by Gasteiger charge is 2.12. The molecule has 0 atom stereocenters. The zero-order valence-electron chi connectivity index (χ0n) is 10.2. The highest BCUT2D eigenvalue weighted by atomic mass is 35.5. The summed E-state index contributed by atoms with van der Waals surface area (Å²) >= 11 is 12.9. The highest BCUT2D eigenvalue weighted by Crippen LogP contribution is 2.28. The zero-order valence-corrected chi connectivity index (χ0v) is 12.5. The fraction of sp³-hybridized carbons (Fsp3) is 0.143. The van der Waals surface area contributed by atoms with Crippen molar-refractivity contribution in [3.05, 3.63) is 47.2 Å². The maximum atomic E-state index is 11.3. The Morgan fingerprint density at radius 2 is 1.95 bits per heavy atom. The smallest absolute Gasteiger partial charge is 0.271 e. The molecule has 2 aromatic rings. The van der Waals surface area contributed by atoms with Crippen LogP contribution in [0.3, 0.4) is 0 Å². The van der Waals surface area contributed by atoms with E-state index in [-0.39, 0.29) is 0 Å². The van der Waals surface area contributed by atoms with Gasteiger partial charge in [0.25, 0.3) is 5.24 Å². The summed E-state index contributed by atoms with van der Waals surface area (Å²) in [5.74, 6) is 0.850. The fourth-order valence-corrected chi connectivity index (χ4v) is 2.79. The second kappa shape index (κ2) is 6.42. The van der Waals surface area contributed by atoms with Gasteiger partial charge in [-0.3, -0.25) is 4.79 Å². The Labute approximate surface area is 126 Å². The molecule has 98 valence electrons. The van der Waals surface area contributed by atoms with Crippen LogP contribution in [0.2, 0.25) is 5.02 Å². The third kappa shape index (κ3) is 3.50. The average Bonchev–Trinajstić information content (AvgIpc) is 2.39. The van der Waals surface area contributed by atoms with Crippen LogP contribution in [-0.2, 0) is 0 Å². The molecule has 0 amide bonds. The van der Waals surface area contributed by atoms with Crippen LogP contribution >= 0.6 is 35.0 Å². The van der Waals surface area contributed by atoms with Gasteiger partial charge < -0.3 is 0 Å². The van der Waals surface area contributed by atoms with Crippen LogP contribution in [-0.4, -0.2) is 16.0 Å². The fourth-order valence-electron chi connectivity index (χ4n) is 1.66. The van der Waals surface area contributed by atoms with E-state index in [9.17, 15) is 4.79 Å². The van der Waals surface area contributed by atoms with E-state index < -0.39 is 5.24 Å². The lowest BCUT2D eigenvalue weighted by atomic mass is 10.1. The van der Waals surface area contributed by atoms with E-state index in [4.69, 9.17) is 23.2 Å². The van der Waals surface area contributed by atoms with Gasteiger partial charge in [-0.1, -0.05) is 30.7 Å². The normalized spacial score (nSPS) is 10.5. The number of benzene rings is 1. The van der Waals surface area contributed by atoms with Gasteiger partial charge in [0.1, 0.15) is 5.69 Å². The molecule has 5 heteroatoms. The van der Waals surface area contributed by atoms with E-state index in [2.05, 4.69) is 4.98 Å². The van der Waals surface area contributed by atoms with Gasteiger partial charge in [-0.15, -0.1) is 11.8 Å². The summed E-state index contributed by atoms with van der Waals surface area (Å²) in [7, 11) is 0. The van der Waals surface area contributed by atoms with Crippen LogP contribution in [0.15, 0.2) is 41.4 Å². The Balaban J connectivity index is 2.45. The minimum Gasteiger partial charge on any atom is -0.274 e. The predicted octanol–water partition coefficient (Wildman–Crippen LogP) is 4.89. The molecule has 0 fully saturated rings. The molecule has 2 rings (SSSR count). The van der Waals surface area contributed by atoms with Gasteiger partial charge in [-0.05, 0) is 41.1 Å². The van der Waals surface area contributed by atoms with Crippen molar-refractivity contribution >= 4 is 40.2 Å². The van der Waals surface area contributed by atoms with E-state index in [0.29, 0.717) is 10.7 Å². The van der Waals surface area contributed by atoms with E-state index in [1.807, 2.05) is 37.3 Å². The van der Waals surface area contributed by atoms with Crippen LogP contribution in [0.5, 0.6) is 0 Å². The Hall–Kier alpha value is -1.03. The van der Waals surface area contributed by atoms with Crippen molar-refractivity contribution in [2.45, 2.75) is 11.8 Å². The first-order chi connectivity index (χ1) is 9.11. The molecule has 0 radical (unpaired) electrons. The number of thioether (sulfide) groups is 1. The van der Waals surface area contributed by atoms with E-state index in [1.54, 1.807) is 18.0 Å². The number of halogens is 2. The summed E-state index contributed by atoms with van der Waals surface area (Å²) in [6, 6.07) is 9.41. The summed E-state index contributed by atoms with van der Waals surface area (Å²) in [5.41, 5.74) is 2.25. The van der Waals surface area contributed by atoms with Gasteiger partial charge in [0.15, 0.2) is 0 Å². The Bertz CT molecular complexity index is 599. The first-order valence-corrected chi connectivity index (χ1v) is 7.44. The molecule has 2 nitrogen and oxygen atoms in total. The third-order valence-electron chi connectivity index (χ3n) is 2.52. The molecule has 1 aromatic carbocycles. The number of nitrogens with zero attached hydrogens (tertiary/aromatic N) is 1. The zero-order chi connectivity index (χ0) is 13.8. The van der Waals surface area contributed by atoms with Gasteiger partial charge in [0.2, 0.25) is 0 Å². The lowest BCUT2D eigenvalue weighted by Gasteiger charge is -2.07. The minimum absolute atomic E-state index is 0.311. The van der Waals surface area contributed by atoms with Crippen molar-refractivity contribution in [3.63, 3.8) is 0 Å². The van der Waals surface area contributed by atoms with Gasteiger partial charge in [-0.25, -0.2) is 4.98 Å². The maximum Gasteiger partial charge on any atom is 0.271 e. The van der Waals surface area contributed by atoms with Crippen LogP contribution in [0, 0.1) is 0 Å². The SMILES string of the molecule is CCSc1cc(-c2ccc(Cl)cc2)cnc1C(=O)Cl. The molecule has 0 bridgehead atoms. The molecule has 0 aliphatic heterocycles. The standard InChI is InChI=1S/C14H11Cl2NOS/c1-2-19-12-7-10(8-17-13(12)14(16)18)9-3-5-11(15)6-4-9/h3-8H,2H2,1H3.